The molecular formula is C34H30F5N3O8S. The Morgan fingerprint density at radius 2 is 1.69 bits per heavy atom. The van der Waals surface area contributed by atoms with Crippen molar-refractivity contribution >= 4 is 16.8 Å². The fourth-order valence-electron chi connectivity index (χ4n) is 5.38. The molecule has 0 amide bonds. The minimum atomic E-state index is -4.10. The smallest absolute Gasteiger partial charge is 0.464 e. The first-order valence-corrected chi connectivity index (χ1v) is 16.6. The van der Waals surface area contributed by atoms with Gasteiger partial charge in [0.15, 0.2) is 23.1 Å². The third kappa shape index (κ3) is 7.09. The number of esters is 1. The summed E-state index contributed by atoms with van der Waals surface area (Å²) in [6.07, 6.45) is -2.56. The van der Waals surface area contributed by atoms with Crippen LogP contribution in [0.25, 0.3) is 45.0 Å². The van der Waals surface area contributed by atoms with Crippen LogP contribution in [0.3, 0.4) is 0 Å². The number of oxazole rings is 1. The summed E-state index contributed by atoms with van der Waals surface area (Å²) in [5, 5.41) is 12.8. The number of alkyl halides is 4. The second-order valence-corrected chi connectivity index (χ2v) is 12.1. The SMILES string of the molecule is CC.COC(=O)C(F)(F)c1cc(-c2ccc(-c3cc(F)c(COO)c(S(C)=O)c3)cc2-c2oc(C)nc2-c2ccc3c(c2)OC(F)(F)O3)n(C)n1. The molecule has 1 aliphatic heterocycles. The van der Waals surface area contributed by atoms with Gasteiger partial charge in [0.1, 0.15) is 23.8 Å². The van der Waals surface area contributed by atoms with Gasteiger partial charge in [-0.2, -0.15) is 13.9 Å². The van der Waals surface area contributed by atoms with Crippen LogP contribution in [0.4, 0.5) is 22.0 Å². The molecule has 17 heteroatoms. The van der Waals surface area contributed by atoms with Crippen molar-refractivity contribution in [3.8, 4) is 56.5 Å². The highest BCUT2D eigenvalue weighted by molar-refractivity contribution is 7.84. The molecule has 3 aromatic carbocycles. The number of carbonyl (C=O) groups excluding carboxylic acids is 1. The fourth-order valence-corrected chi connectivity index (χ4v) is 6.18. The van der Waals surface area contributed by atoms with Gasteiger partial charge >= 0.3 is 18.2 Å². The summed E-state index contributed by atoms with van der Waals surface area (Å²) in [4.78, 5) is 20.5. The summed E-state index contributed by atoms with van der Waals surface area (Å²) in [5.74, 6) is -7.05. The predicted molar refractivity (Wildman–Crippen MR) is 173 cm³/mol. The van der Waals surface area contributed by atoms with E-state index in [9.17, 15) is 26.6 Å². The molecule has 0 bridgehead atoms. The Hall–Kier alpha value is -5.13. The molecule has 5 aromatic rings. The lowest BCUT2D eigenvalue weighted by Gasteiger charge is -2.14. The van der Waals surface area contributed by atoms with E-state index in [1.165, 1.54) is 62.7 Å². The van der Waals surface area contributed by atoms with E-state index in [-0.39, 0.29) is 67.3 Å². The molecule has 2 aromatic heterocycles. The van der Waals surface area contributed by atoms with Gasteiger partial charge in [-0.25, -0.2) is 19.1 Å². The summed E-state index contributed by atoms with van der Waals surface area (Å²) >= 11 is 0. The van der Waals surface area contributed by atoms with Gasteiger partial charge in [-0.3, -0.25) is 14.1 Å². The van der Waals surface area contributed by atoms with Crippen molar-refractivity contribution < 1.29 is 59.7 Å². The van der Waals surface area contributed by atoms with Gasteiger partial charge in [-0.15, -0.1) is 8.78 Å². The van der Waals surface area contributed by atoms with E-state index in [2.05, 4.69) is 29.2 Å². The lowest BCUT2D eigenvalue weighted by Crippen LogP contribution is -2.27. The van der Waals surface area contributed by atoms with Crippen LogP contribution in [0.5, 0.6) is 11.5 Å². The lowest BCUT2D eigenvalue weighted by molar-refractivity contribution is -0.286. The van der Waals surface area contributed by atoms with Gasteiger partial charge in [-0.05, 0) is 53.6 Å². The van der Waals surface area contributed by atoms with Gasteiger partial charge in [0.2, 0.25) is 0 Å². The highest BCUT2D eigenvalue weighted by atomic mass is 32.2. The maximum Gasteiger partial charge on any atom is 0.586 e. The van der Waals surface area contributed by atoms with Crippen LogP contribution in [0.15, 0.2) is 63.9 Å². The van der Waals surface area contributed by atoms with Crippen molar-refractivity contribution in [1.82, 2.24) is 14.8 Å². The number of fused-ring (bicyclic) bond motifs is 1. The molecule has 11 nitrogen and oxygen atoms in total. The molecule has 1 atom stereocenters. The van der Waals surface area contributed by atoms with E-state index in [1.54, 1.807) is 0 Å². The molecule has 0 fully saturated rings. The van der Waals surface area contributed by atoms with E-state index < -0.39 is 47.1 Å². The van der Waals surface area contributed by atoms with Gasteiger partial charge in [-0.1, -0.05) is 26.0 Å². The van der Waals surface area contributed by atoms with Crippen molar-refractivity contribution in [3.05, 3.63) is 77.6 Å². The number of hydrogen-bond donors (Lipinski definition) is 1. The molecule has 6 rings (SSSR count). The molecule has 270 valence electrons. The maximum atomic E-state index is 15.3. The zero-order valence-corrected chi connectivity index (χ0v) is 28.7. The van der Waals surface area contributed by atoms with Crippen LogP contribution in [-0.4, -0.2) is 49.9 Å². The van der Waals surface area contributed by atoms with E-state index >= 15 is 4.39 Å². The van der Waals surface area contributed by atoms with Crippen LogP contribution in [0.2, 0.25) is 0 Å². The molecule has 0 saturated carbocycles. The Morgan fingerprint density at radius 3 is 2.35 bits per heavy atom. The molecule has 1 aliphatic rings. The standard InChI is InChI=1S/C32H24F5N3O8S.C2H6/c1-15-38-28(17-6-8-24-25(11-17)48-32(36,37)47-24)29(46-15)20-9-16(18-10-22(33)21(14-45-42)26(12-18)49(4)43)5-7-19(20)23-13-27(39-40(23)2)31(34,35)30(41)44-3;1-2/h5-13,42H,14H2,1-4H3;1-2H3. The zero-order valence-electron chi connectivity index (χ0n) is 27.8. The Kier molecular flexibility index (Phi) is 10.4. The van der Waals surface area contributed by atoms with Crippen LogP contribution in [-0.2, 0) is 44.8 Å². The van der Waals surface area contributed by atoms with Crippen LogP contribution < -0.4 is 9.47 Å². The minimum Gasteiger partial charge on any atom is -0.464 e. The Morgan fingerprint density at radius 1 is 1.00 bits per heavy atom. The summed E-state index contributed by atoms with van der Waals surface area (Å²) < 4.78 is 106. The van der Waals surface area contributed by atoms with E-state index in [0.717, 1.165) is 23.9 Å². The summed E-state index contributed by atoms with van der Waals surface area (Å²) in [6, 6.07) is 12.1. The first-order chi connectivity index (χ1) is 24.1. The second-order valence-electron chi connectivity index (χ2n) is 10.8. The van der Waals surface area contributed by atoms with Crippen molar-refractivity contribution in [1.29, 1.82) is 0 Å². The molecular weight excluding hydrogens is 705 g/mol. The molecule has 0 radical (unpaired) electrons. The Bertz CT molecular complexity index is 2150. The van der Waals surface area contributed by atoms with Gasteiger partial charge in [0.05, 0.1) is 23.6 Å². The first kappa shape index (κ1) is 37.1. The molecule has 51 heavy (non-hydrogen) atoms. The number of carbonyl (C=O) groups is 1. The van der Waals surface area contributed by atoms with Gasteiger partial charge in [0.25, 0.3) is 0 Å². The largest absolute Gasteiger partial charge is 0.586 e. The Balaban J connectivity index is 0.00000248. The average molecular weight is 736 g/mol. The molecule has 0 saturated heterocycles. The number of halogens is 5. The maximum absolute atomic E-state index is 15.3. The van der Waals surface area contributed by atoms with Crippen molar-refractivity contribution in [2.45, 2.75) is 44.5 Å². The summed E-state index contributed by atoms with van der Waals surface area (Å²) in [7, 11) is 0.471. The topological polar surface area (TPSA) is 135 Å². The predicted octanol–water partition coefficient (Wildman–Crippen LogP) is 7.86. The number of benzene rings is 3. The van der Waals surface area contributed by atoms with E-state index in [4.69, 9.17) is 9.67 Å². The van der Waals surface area contributed by atoms with Crippen LogP contribution >= 0.6 is 0 Å². The number of ether oxygens (including phenoxy) is 3. The molecule has 1 unspecified atom stereocenters. The number of aromatic nitrogens is 3. The highest BCUT2D eigenvalue weighted by Gasteiger charge is 2.46. The third-order valence-corrected chi connectivity index (χ3v) is 8.58. The van der Waals surface area contributed by atoms with Crippen LogP contribution in [0, 0.1) is 12.7 Å². The van der Waals surface area contributed by atoms with Crippen molar-refractivity contribution in [2.24, 2.45) is 7.05 Å². The quantitative estimate of drug-likeness (QED) is 0.0690. The van der Waals surface area contributed by atoms with Gasteiger partial charge in [0, 0.05) is 47.4 Å². The number of aryl methyl sites for hydroxylation is 2. The highest BCUT2D eigenvalue weighted by Crippen LogP contribution is 2.46. The van der Waals surface area contributed by atoms with Crippen molar-refractivity contribution in [3.63, 3.8) is 0 Å². The number of rotatable bonds is 9. The summed E-state index contributed by atoms with van der Waals surface area (Å²) in [6.45, 7) is 4.96. The third-order valence-electron chi connectivity index (χ3n) is 7.60. The van der Waals surface area contributed by atoms with E-state index in [0.29, 0.717) is 5.56 Å². The normalized spacial score (nSPS) is 13.8. The second kappa shape index (κ2) is 14.2. The Labute approximate surface area is 289 Å². The minimum absolute atomic E-state index is 0.0457. The first-order valence-electron chi connectivity index (χ1n) is 15.1. The molecule has 0 aliphatic carbocycles. The molecule has 0 spiro atoms. The average Bonchev–Trinajstić information content (AvgIpc) is 3.78. The molecule has 3 heterocycles. The number of methoxy groups -OCH3 is 1. The monoisotopic (exact) mass is 735 g/mol. The van der Waals surface area contributed by atoms with Crippen LogP contribution in [0.1, 0.15) is 31.0 Å². The molecule has 1 N–H and O–H groups in total. The zero-order chi connectivity index (χ0) is 37.4. The number of hydrogen-bond acceptors (Lipinski definition) is 10. The van der Waals surface area contributed by atoms with Gasteiger partial charge < -0.3 is 18.6 Å². The van der Waals surface area contributed by atoms with E-state index in [1.807, 2.05) is 13.8 Å². The lowest BCUT2D eigenvalue weighted by atomic mass is 9.93. The fraction of sp³-hybridized carbons (Fsp3) is 0.265. The number of nitrogens with zero attached hydrogens (tertiary/aromatic N) is 3. The summed E-state index contributed by atoms with van der Waals surface area (Å²) in [5.41, 5.74) is 0.468. The van der Waals surface area contributed by atoms with Crippen molar-refractivity contribution in [2.75, 3.05) is 13.4 Å².